The molecule has 0 radical (unpaired) electrons. The first-order chi connectivity index (χ1) is 8.58. The van der Waals surface area contributed by atoms with Gasteiger partial charge >= 0.3 is 0 Å². The molecule has 0 saturated carbocycles. The van der Waals surface area contributed by atoms with E-state index < -0.39 is 0 Å². The highest BCUT2D eigenvalue weighted by molar-refractivity contribution is 7.09. The number of amides is 1. The molecule has 1 N–H and O–H groups in total. The van der Waals surface area contributed by atoms with E-state index in [2.05, 4.69) is 15.4 Å². The molecule has 0 bridgehead atoms. The molecule has 0 aliphatic carbocycles. The summed E-state index contributed by atoms with van der Waals surface area (Å²) in [4.78, 5) is 16.0. The molecule has 0 spiro atoms. The van der Waals surface area contributed by atoms with E-state index in [4.69, 9.17) is 11.6 Å². The lowest BCUT2D eigenvalue weighted by Crippen LogP contribution is -2.14. The third-order valence-corrected chi connectivity index (χ3v) is 3.60. The lowest BCUT2D eigenvalue weighted by molar-refractivity contribution is -0.115. The van der Waals surface area contributed by atoms with Crippen LogP contribution < -0.4 is 5.32 Å². The van der Waals surface area contributed by atoms with Crippen molar-refractivity contribution in [2.24, 2.45) is 7.05 Å². The third-order valence-electron chi connectivity index (χ3n) is 2.43. The fourth-order valence-corrected chi connectivity index (χ4v) is 2.46. The van der Waals surface area contributed by atoms with Gasteiger partial charge in [0.15, 0.2) is 5.82 Å². The van der Waals surface area contributed by atoms with Crippen LogP contribution in [0.1, 0.15) is 16.4 Å². The van der Waals surface area contributed by atoms with Gasteiger partial charge in [-0.3, -0.25) is 9.48 Å². The van der Waals surface area contributed by atoms with Gasteiger partial charge in [0, 0.05) is 24.2 Å². The van der Waals surface area contributed by atoms with E-state index >= 15 is 0 Å². The van der Waals surface area contributed by atoms with Crippen LogP contribution in [-0.4, -0.2) is 20.7 Å². The van der Waals surface area contributed by atoms with Crippen LogP contribution in [-0.2, 0) is 24.1 Å². The quantitative estimate of drug-likeness (QED) is 0.875. The predicted octanol–water partition coefficient (Wildman–Crippen LogP) is 2.11. The Kier molecular flexibility index (Phi) is 3.98. The number of hydrogen-bond acceptors (Lipinski definition) is 4. The van der Waals surface area contributed by atoms with E-state index in [1.807, 2.05) is 25.4 Å². The van der Waals surface area contributed by atoms with Gasteiger partial charge in [0.1, 0.15) is 5.01 Å². The summed E-state index contributed by atoms with van der Waals surface area (Å²) in [6, 6.07) is 1.82. The highest BCUT2D eigenvalue weighted by Crippen LogP contribution is 2.13. The van der Waals surface area contributed by atoms with Crippen molar-refractivity contribution >= 4 is 34.7 Å². The zero-order valence-electron chi connectivity index (χ0n) is 10.1. The van der Waals surface area contributed by atoms with Crippen LogP contribution in [0.25, 0.3) is 0 Å². The Morgan fingerprint density at radius 3 is 2.94 bits per heavy atom. The second-order valence-electron chi connectivity index (χ2n) is 3.89. The second kappa shape index (κ2) is 5.49. The minimum absolute atomic E-state index is 0.122. The first-order valence-corrected chi connectivity index (χ1v) is 6.79. The first kappa shape index (κ1) is 13.0. The van der Waals surface area contributed by atoms with E-state index in [1.165, 1.54) is 11.3 Å². The van der Waals surface area contributed by atoms with Crippen LogP contribution in [0.4, 0.5) is 5.82 Å². The van der Waals surface area contributed by atoms with Crippen molar-refractivity contribution in [2.75, 3.05) is 5.32 Å². The van der Waals surface area contributed by atoms with Crippen LogP contribution in [0.3, 0.4) is 0 Å². The summed E-state index contributed by atoms with van der Waals surface area (Å²) in [6.07, 6.45) is 0.247. The van der Waals surface area contributed by atoms with E-state index in [9.17, 15) is 4.79 Å². The number of carbonyl (C=O) groups excluding carboxylic acids is 1. The van der Waals surface area contributed by atoms with Crippen molar-refractivity contribution in [3.05, 3.63) is 27.8 Å². The molecule has 0 aromatic carbocycles. The summed E-state index contributed by atoms with van der Waals surface area (Å²) in [6.45, 7) is 1.93. The molecule has 0 fully saturated rings. The molecule has 0 atom stereocenters. The minimum Gasteiger partial charge on any atom is -0.309 e. The fourth-order valence-electron chi connectivity index (χ4n) is 1.44. The van der Waals surface area contributed by atoms with Crippen molar-refractivity contribution in [3.63, 3.8) is 0 Å². The van der Waals surface area contributed by atoms with Gasteiger partial charge in [-0.05, 0) is 6.92 Å². The maximum Gasteiger partial charge on any atom is 0.232 e. The number of anilines is 1. The Morgan fingerprint density at radius 1 is 1.61 bits per heavy atom. The van der Waals surface area contributed by atoms with Crippen LogP contribution in [0.5, 0.6) is 0 Å². The summed E-state index contributed by atoms with van der Waals surface area (Å²) < 4.78 is 1.71. The van der Waals surface area contributed by atoms with Gasteiger partial charge < -0.3 is 5.32 Å². The number of thiazole rings is 1. The average Bonchev–Trinajstić information content (AvgIpc) is 2.87. The van der Waals surface area contributed by atoms with E-state index in [0.717, 1.165) is 16.4 Å². The standard InChI is InChI=1S/C11H13ClN4OS/c1-7-3-9(15-16(7)2)14-10(17)4-11-13-8(5-12)6-18-11/h3,6H,4-5H2,1-2H3,(H,14,15,17). The summed E-state index contributed by atoms with van der Waals surface area (Å²) in [7, 11) is 1.83. The largest absolute Gasteiger partial charge is 0.309 e. The van der Waals surface area contributed by atoms with Crippen LogP contribution in [0.2, 0.25) is 0 Å². The molecule has 2 aromatic rings. The highest BCUT2D eigenvalue weighted by atomic mass is 35.5. The molecule has 5 nitrogen and oxygen atoms in total. The number of nitrogens with one attached hydrogen (secondary N) is 1. The molecule has 0 unspecified atom stereocenters. The Morgan fingerprint density at radius 2 is 2.39 bits per heavy atom. The van der Waals surface area contributed by atoms with E-state index in [1.54, 1.807) is 4.68 Å². The number of carbonyl (C=O) groups is 1. The number of halogens is 1. The molecular weight excluding hydrogens is 272 g/mol. The van der Waals surface area contributed by atoms with E-state index in [0.29, 0.717) is 11.7 Å². The number of alkyl halides is 1. The number of aromatic nitrogens is 3. The molecule has 96 valence electrons. The summed E-state index contributed by atoms with van der Waals surface area (Å²) >= 11 is 7.10. The monoisotopic (exact) mass is 284 g/mol. The van der Waals surface area contributed by atoms with Gasteiger partial charge in [-0.2, -0.15) is 5.10 Å². The van der Waals surface area contributed by atoms with Gasteiger partial charge in [0.05, 0.1) is 18.0 Å². The average molecular weight is 285 g/mol. The van der Waals surface area contributed by atoms with Crippen molar-refractivity contribution in [2.45, 2.75) is 19.2 Å². The molecule has 0 aliphatic heterocycles. The van der Waals surface area contributed by atoms with Crippen LogP contribution in [0, 0.1) is 6.92 Å². The molecule has 0 saturated heterocycles. The van der Waals surface area contributed by atoms with Gasteiger partial charge in [-0.15, -0.1) is 22.9 Å². The maximum absolute atomic E-state index is 11.8. The lowest BCUT2D eigenvalue weighted by Gasteiger charge is -1.98. The van der Waals surface area contributed by atoms with Gasteiger partial charge in [-0.1, -0.05) is 0 Å². The Hall–Kier alpha value is -1.40. The predicted molar refractivity (Wildman–Crippen MR) is 71.9 cm³/mol. The number of hydrogen-bond donors (Lipinski definition) is 1. The summed E-state index contributed by atoms with van der Waals surface area (Å²) in [5.41, 5.74) is 1.79. The smallest absolute Gasteiger partial charge is 0.232 e. The first-order valence-electron chi connectivity index (χ1n) is 5.38. The SMILES string of the molecule is Cc1cc(NC(=O)Cc2nc(CCl)cs2)nn1C. The van der Waals surface area contributed by atoms with Gasteiger partial charge in [0.25, 0.3) is 0 Å². The van der Waals surface area contributed by atoms with Crippen molar-refractivity contribution < 1.29 is 4.79 Å². The number of rotatable bonds is 4. The lowest BCUT2D eigenvalue weighted by atomic mass is 10.4. The molecule has 1 amide bonds. The van der Waals surface area contributed by atoms with Crippen molar-refractivity contribution in [3.8, 4) is 0 Å². The van der Waals surface area contributed by atoms with Gasteiger partial charge in [-0.25, -0.2) is 4.98 Å². The minimum atomic E-state index is -0.122. The molecule has 0 aliphatic rings. The highest BCUT2D eigenvalue weighted by Gasteiger charge is 2.10. The fraction of sp³-hybridized carbons (Fsp3) is 0.364. The Labute approximate surface area is 114 Å². The molecule has 18 heavy (non-hydrogen) atoms. The zero-order valence-corrected chi connectivity index (χ0v) is 11.7. The summed E-state index contributed by atoms with van der Waals surface area (Å²) in [5.74, 6) is 0.815. The number of aryl methyl sites for hydroxylation is 2. The van der Waals surface area contributed by atoms with Crippen molar-refractivity contribution in [1.29, 1.82) is 0 Å². The Balaban J connectivity index is 1.96. The zero-order chi connectivity index (χ0) is 13.1. The summed E-state index contributed by atoms with van der Waals surface area (Å²) in [5, 5.41) is 9.52. The van der Waals surface area contributed by atoms with Crippen LogP contribution in [0.15, 0.2) is 11.4 Å². The van der Waals surface area contributed by atoms with Crippen molar-refractivity contribution in [1.82, 2.24) is 14.8 Å². The number of nitrogens with zero attached hydrogens (tertiary/aromatic N) is 3. The molecule has 2 heterocycles. The van der Waals surface area contributed by atoms with Gasteiger partial charge in [0.2, 0.25) is 5.91 Å². The molecule has 2 rings (SSSR count). The molecule has 7 heteroatoms. The normalized spacial score (nSPS) is 10.6. The molecule has 2 aromatic heterocycles. The molecular formula is C11H13ClN4OS. The third kappa shape index (κ3) is 3.08. The maximum atomic E-state index is 11.8. The Bertz CT molecular complexity index is 544. The topological polar surface area (TPSA) is 59.8 Å². The van der Waals surface area contributed by atoms with Crippen LogP contribution >= 0.6 is 22.9 Å². The second-order valence-corrected chi connectivity index (χ2v) is 5.10. The van der Waals surface area contributed by atoms with E-state index in [-0.39, 0.29) is 12.3 Å².